The highest BCUT2D eigenvalue weighted by Gasteiger charge is 2.21. The lowest BCUT2D eigenvalue weighted by Gasteiger charge is -2.11. The van der Waals surface area contributed by atoms with Gasteiger partial charge >= 0.3 is 0 Å². The van der Waals surface area contributed by atoms with Crippen molar-refractivity contribution in [2.45, 2.75) is 49.8 Å². The van der Waals surface area contributed by atoms with Crippen molar-refractivity contribution in [1.29, 1.82) is 0 Å². The topological polar surface area (TPSA) is 69.6 Å². The van der Waals surface area contributed by atoms with Crippen molar-refractivity contribution in [2.24, 2.45) is 5.73 Å². The molecule has 1 saturated carbocycles. The highest BCUT2D eigenvalue weighted by atomic mass is 32.2. The Hall–Kier alpha value is -0.620. The minimum Gasteiger partial charge on any atom is -0.327 e. The lowest BCUT2D eigenvalue weighted by atomic mass is 10.3. The van der Waals surface area contributed by atoms with Crippen molar-refractivity contribution >= 4 is 11.8 Å². The van der Waals surface area contributed by atoms with E-state index < -0.39 is 0 Å². The van der Waals surface area contributed by atoms with Crippen LogP contribution in [0, 0.1) is 0 Å². The summed E-state index contributed by atoms with van der Waals surface area (Å²) in [5.74, 6) is 0.868. The number of hydrogen-bond donors (Lipinski definition) is 1. The molecule has 1 aromatic heterocycles. The normalized spacial score (nSPS) is 19.6. The van der Waals surface area contributed by atoms with Gasteiger partial charge in [-0.2, -0.15) is 0 Å². The van der Waals surface area contributed by atoms with Gasteiger partial charge in [0.05, 0.1) is 6.04 Å². The second kappa shape index (κ2) is 4.94. The first-order valence-electron chi connectivity index (χ1n) is 5.43. The SMILES string of the molecule is C[C@@H](N)CSc1nnnn1C1CCCC1. The summed E-state index contributed by atoms with van der Waals surface area (Å²) in [5, 5.41) is 12.8. The van der Waals surface area contributed by atoms with E-state index >= 15 is 0 Å². The zero-order chi connectivity index (χ0) is 10.7. The Bertz CT molecular complexity index is 305. The highest BCUT2D eigenvalue weighted by molar-refractivity contribution is 7.99. The van der Waals surface area contributed by atoms with Crippen LogP contribution in [0.15, 0.2) is 5.16 Å². The maximum Gasteiger partial charge on any atom is 0.209 e. The first-order valence-corrected chi connectivity index (χ1v) is 6.42. The molecule has 5 nitrogen and oxygen atoms in total. The monoisotopic (exact) mass is 227 g/mol. The molecule has 2 rings (SSSR count). The lowest BCUT2D eigenvalue weighted by Crippen LogP contribution is -2.18. The molecule has 1 atom stereocenters. The fraction of sp³-hybridized carbons (Fsp3) is 0.889. The second-order valence-electron chi connectivity index (χ2n) is 4.13. The van der Waals surface area contributed by atoms with Gasteiger partial charge in [-0.05, 0) is 30.2 Å². The zero-order valence-electron chi connectivity index (χ0n) is 8.96. The van der Waals surface area contributed by atoms with Gasteiger partial charge in [-0.15, -0.1) is 5.10 Å². The Labute approximate surface area is 93.8 Å². The van der Waals surface area contributed by atoms with E-state index in [-0.39, 0.29) is 6.04 Å². The van der Waals surface area contributed by atoms with Gasteiger partial charge in [0.2, 0.25) is 5.16 Å². The number of tetrazole rings is 1. The smallest absolute Gasteiger partial charge is 0.209 e. The molecule has 0 radical (unpaired) electrons. The van der Waals surface area contributed by atoms with Crippen LogP contribution in [0.4, 0.5) is 0 Å². The summed E-state index contributed by atoms with van der Waals surface area (Å²) in [5.41, 5.74) is 5.71. The average Bonchev–Trinajstić information content (AvgIpc) is 2.85. The highest BCUT2D eigenvalue weighted by Crippen LogP contribution is 2.31. The Morgan fingerprint density at radius 1 is 1.53 bits per heavy atom. The molecule has 1 heterocycles. The zero-order valence-corrected chi connectivity index (χ0v) is 9.78. The molecular weight excluding hydrogens is 210 g/mol. The van der Waals surface area contributed by atoms with Gasteiger partial charge in [-0.1, -0.05) is 24.6 Å². The second-order valence-corrected chi connectivity index (χ2v) is 5.12. The molecule has 1 aliphatic rings. The summed E-state index contributed by atoms with van der Waals surface area (Å²) in [6.45, 7) is 2.00. The minimum absolute atomic E-state index is 0.184. The third-order valence-electron chi connectivity index (χ3n) is 2.61. The van der Waals surface area contributed by atoms with E-state index in [0.29, 0.717) is 6.04 Å². The van der Waals surface area contributed by atoms with Gasteiger partial charge in [-0.25, -0.2) is 4.68 Å². The van der Waals surface area contributed by atoms with Crippen LogP contribution in [0.1, 0.15) is 38.6 Å². The molecule has 0 unspecified atom stereocenters. The van der Waals surface area contributed by atoms with E-state index in [1.54, 1.807) is 11.8 Å². The van der Waals surface area contributed by atoms with E-state index in [1.807, 2.05) is 11.6 Å². The first-order chi connectivity index (χ1) is 7.27. The molecule has 1 fully saturated rings. The molecule has 1 aliphatic carbocycles. The summed E-state index contributed by atoms with van der Waals surface area (Å²) in [6, 6.07) is 0.694. The Morgan fingerprint density at radius 2 is 2.27 bits per heavy atom. The van der Waals surface area contributed by atoms with Crippen LogP contribution < -0.4 is 5.73 Å². The number of hydrogen-bond acceptors (Lipinski definition) is 5. The van der Waals surface area contributed by atoms with Crippen LogP contribution in [0.2, 0.25) is 0 Å². The maximum atomic E-state index is 5.71. The summed E-state index contributed by atoms with van der Waals surface area (Å²) >= 11 is 1.65. The molecule has 15 heavy (non-hydrogen) atoms. The fourth-order valence-electron chi connectivity index (χ4n) is 1.86. The molecule has 0 aliphatic heterocycles. The van der Waals surface area contributed by atoms with Crippen LogP contribution in [0.5, 0.6) is 0 Å². The van der Waals surface area contributed by atoms with Crippen LogP contribution in [-0.2, 0) is 0 Å². The molecule has 0 aromatic carbocycles. The summed E-state index contributed by atoms with van der Waals surface area (Å²) in [6.07, 6.45) is 5.00. The molecule has 0 saturated heterocycles. The molecule has 6 heteroatoms. The van der Waals surface area contributed by atoms with Crippen molar-refractivity contribution < 1.29 is 0 Å². The van der Waals surface area contributed by atoms with Gasteiger partial charge in [0.25, 0.3) is 0 Å². The largest absolute Gasteiger partial charge is 0.327 e. The van der Waals surface area contributed by atoms with Crippen LogP contribution in [-0.4, -0.2) is 32.0 Å². The predicted octanol–water partition coefficient (Wildman–Crippen LogP) is 1.23. The van der Waals surface area contributed by atoms with E-state index in [9.17, 15) is 0 Å². The van der Waals surface area contributed by atoms with E-state index in [1.165, 1.54) is 25.7 Å². The van der Waals surface area contributed by atoms with E-state index in [2.05, 4.69) is 15.5 Å². The number of aromatic nitrogens is 4. The Balaban J connectivity index is 2.01. The maximum absolute atomic E-state index is 5.71. The number of nitrogens with zero attached hydrogens (tertiary/aromatic N) is 4. The van der Waals surface area contributed by atoms with E-state index in [0.717, 1.165) is 10.9 Å². The average molecular weight is 227 g/mol. The van der Waals surface area contributed by atoms with E-state index in [4.69, 9.17) is 5.73 Å². The molecule has 84 valence electrons. The third kappa shape index (κ3) is 2.69. The quantitative estimate of drug-likeness (QED) is 0.783. The summed E-state index contributed by atoms with van der Waals surface area (Å²) < 4.78 is 1.97. The van der Waals surface area contributed by atoms with Crippen molar-refractivity contribution in [2.75, 3.05) is 5.75 Å². The first kappa shape index (κ1) is 10.9. The van der Waals surface area contributed by atoms with Crippen LogP contribution >= 0.6 is 11.8 Å². The van der Waals surface area contributed by atoms with Gasteiger partial charge in [0, 0.05) is 11.8 Å². The number of nitrogens with two attached hydrogens (primary N) is 1. The fourth-order valence-corrected chi connectivity index (χ4v) is 2.69. The Morgan fingerprint density at radius 3 is 2.93 bits per heavy atom. The summed E-state index contributed by atoms with van der Waals surface area (Å²) in [7, 11) is 0. The molecular formula is C9H17N5S. The molecule has 2 N–H and O–H groups in total. The van der Waals surface area contributed by atoms with Gasteiger partial charge in [-0.3, -0.25) is 0 Å². The minimum atomic E-state index is 0.184. The van der Waals surface area contributed by atoms with Crippen molar-refractivity contribution in [3.63, 3.8) is 0 Å². The Kier molecular flexibility index (Phi) is 3.58. The standard InChI is InChI=1S/C9H17N5S/c1-7(10)6-15-9-11-12-13-14(9)8-4-2-3-5-8/h7-8H,2-6,10H2,1H3/t7-/m1/s1. The van der Waals surface area contributed by atoms with Crippen LogP contribution in [0.3, 0.4) is 0 Å². The van der Waals surface area contributed by atoms with Gasteiger partial charge < -0.3 is 5.73 Å². The number of rotatable bonds is 4. The molecule has 1 aromatic rings. The van der Waals surface area contributed by atoms with Crippen molar-refractivity contribution in [3.05, 3.63) is 0 Å². The third-order valence-corrected chi connectivity index (χ3v) is 3.83. The summed E-state index contributed by atoms with van der Waals surface area (Å²) in [4.78, 5) is 0. The predicted molar refractivity (Wildman–Crippen MR) is 59.7 cm³/mol. The lowest BCUT2D eigenvalue weighted by molar-refractivity contribution is 0.423. The van der Waals surface area contributed by atoms with Crippen molar-refractivity contribution in [1.82, 2.24) is 20.2 Å². The molecule has 0 spiro atoms. The molecule has 0 amide bonds. The van der Waals surface area contributed by atoms with Gasteiger partial charge in [0.1, 0.15) is 0 Å². The van der Waals surface area contributed by atoms with Crippen molar-refractivity contribution in [3.8, 4) is 0 Å². The molecule has 0 bridgehead atoms. The number of thioether (sulfide) groups is 1. The van der Waals surface area contributed by atoms with Crippen LogP contribution in [0.25, 0.3) is 0 Å². The van der Waals surface area contributed by atoms with Gasteiger partial charge in [0.15, 0.2) is 0 Å².